The van der Waals surface area contributed by atoms with Gasteiger partial charge >= 0.3 is 23.9 Å². The Morgan fingerprint density at radius 3 is 1.03 bits per heavy atom. The van der Waals surface area contributed by atoms with Crippen molar-refractivity contribution in [1.82, 2.24) is 0 Å². The summed E-state index contributed by atoms with van der Waals surface area (Å²) in [6.07, 6.45) is 3.95. The first kappa shape index (κ1) is 99.0. The van der Waals surface area contributed by atoms with Crippen molar-refractivity contribution in [2.45, 2.75) is 43.9 Å². The predicted molar refractivity (Wildman–Crippen MR) is 600 cm³/mol. The lowest BCUT2D eigenvalue weighted by molar-refractivity contribution is 0.0425. The Kier molecular flexibility index (Phi) is 29.0. The van der Waals surface area contributed by atoms with Crippen molar-refractivity contribution in [3.63, 3.8) is 0 Å². The minimum atomic E-state index is -0.687. The lowest BCUT2D eigenvalue weighted by Gasteiger charge is -2.33. The molecule has 19 aromatic carbocycles. The second-order valence-corrected chi connectivity index (χ2v) is 36.9. The molecule has 0 spiro atoms. The van der Waals surface area contributed by atoms with Gasteiger partial charge in [0.15, 0.2) is 0 Å². The molecule has 17 nitrogen and oxygen atoms in total. The first-order valence-electron chi connectivity index (χ1n) is 48.2. The highest BCUT2D eigenvalue weighted by Gasteiger charge is 2.47. The van der Waals surface area contributed by atoms with Crippen LogP contribution in [0.4, 0.5) is 39.8 Å². The molecule has 0 fully saturated rings. The van der Waals surface area contributed by atoms with Gasteiger partial charge in [0, 0.05) is 89.6 Å². The number of benzene rings is 19. The molecule has 2 aliphatic heterocycles. The standard InChI is InChI=1S/C32H24N2O2.C25H18N2.C24H28N2.C18H16N2.C17H8O4.C16H8O3/c33-23-11-15-25(16-12-23)35-29-19-9-21-5-1-3-7-27(21)31(29)32-28-8-4-2-6-22(28)10-20-30(32)36-26-17-13-24(34)14-18-26;26-19-13-9-17(10-14-19)25(18-11-15-20(27)16-12-18)23-7-3-1-5-21(23)22-6-2-4-8-24(22)25;1-23(2,19-9-13-21(25)14-10-19)17-5-7-18(8-6-17)24(3,4)20-11-15-22(26)16-12-20;19-17-9-5-15(6-10-17)13-1-2-14(4-3-13)16-7-11-18(20)12-8-16;18-15(12-4-2-1-3-5-12)9-7-11-6-8-13-14(10-11)17(20)21-16(13)19;17-15-13-9-8-12(10-14(13)16(18)19-15)7-6-11-4-2-1-3-5-11/h1-20H,33-34H2;1-11,13-15H,26-27H2;5-16H,25-26H2,1-4H3;1-12H,19-20H2;1-6,8,10H;1-5,8-10H. The van der Waals surface area contributed by atoms with Crippen LogP contribution < -0.4 is 55.3 Å². The molecule has 16 N–H and O–H groups in total. The van der Waals surface area contributed by atoms with Crippen LogP contribution in [0.1, 0.15) is 135 Å². The predicted octanol–water partition coefficient (Wildman–Crippen LogP) is 27.4. The highest BCUT2D eigenvalue weighted by molar-refractivity contribution is 6.16. The molecule has 0 saturated heterocycles. The number of rotatable bonds is 14. The maximum Gasteiger partial charge on any atom is 0.346 e. The summed E-state index contributed by atoms with van der Waals surface area (Å²) >= 11 is 0. The maximum atomic E-state index is 11.8. The quantitative estimate of drug-likeness (QED) is 0.0125. The van der Waals surface area contributed by atoms with E-state index in [0.717, 1.165) is 89.3 Å². The minimum absolute atomic E-state index is 0.0719. The first-order chi connectivity index (χ1) is 72.2. The van der Waals surface area contributed by atoms with Crippen LogP contribution >= 0.6 is 0 Å². The van der Waals surface area contributed by atoms with Gasteiger partial charge in [0.1, 0.15) is 23.0 Å². The van der Waals surface area contributed by atoms with Crippen LogP contribution in [0.2, 0.25) is 0 Å². The smallest absolute Gasteiger partial charge is 0.346 e. The molecule has 724 valence electrons. The monoisotopic (exact) mass is 1940 g/mol. The molecule has 19 aromatic rings. The summed E-state index contributed by atoms with van der Waals surface area (Å²) in [6, 6.07) is 142. The zero-order valence-electron chi connectivity index (χ0n) is 82.0. The van der Waals surface area contributed by atoms with Gasteiger partial charge < -0.3 is 64.8 Å². The summed E-state index contributed by atoms with van der Waals surface area (Å²) in [4.78, 5) is 57.3. The summed E-state index contributed by atoms with van der Waals surface area (Å²) in [5.41, 5.74) is 80.9. The maximum absolute atomic E-state index is 11.8. The number of hydrogen-bond donors (Lipinski definition) is 8. The Bertz CT molecular complexity index is 8280. The van der Waals surface area contributed by atoms with E-state index in [1.54, 1.807) is 48.5 Å². The van der Waals surface area contributed by atoms with Crippen LogP contribution in [0.3, 0.4) is 0 Å². The number of ether oxygens (including phenoxy) is 4. The van der Waals surface area contributed by atoms with E-state index in [1.165, 1.54) is 78.9 Å². The van der Waals surface area contributed by atoms with Gasteiger partial charge in [0.25, 0.3) is 0 Å². The van der Waals surface area contributed by atoms with Crippen molar-refractivity contribution < 1.29 is 42.9 Å². The second-order valence-electron chi connectivity index (χ2n) is 36.9. The molecule has 0 unspecified atom stereocenters. The fourth-order valence-electron chi connectivity index (χ4n) is 18.3. The SMILES string of the molecule is CC(C)(c1ccc(N)cc1)c1ccc(C(C)(C)c2ccc(N)cc2)cc1.NC1=C=C=C(C2(c3ccc(N)cc3)c3ccccc3-c3ccccc32)C=C1.Nc1ccc(-c2ccc(-c3ccc(N)cc3)cc2)cc1.Nc1ccc(Oc2ccc3ccccc3c2-c2c(Oc3ccc(N)cc3)ccc3ccccc23)cc1.O=C(C#Cc1ccc2c(c1)C(=O)OC2=O)c1ccccc1.O=C1OC(=O)c2cc(C#Cc3ccccc3)ccc21. The molecule has 0 amide bonds. The number of allylic oxidation sites excluding steroid dienone is 3. The molecular weight excluding hydrogens is 1840 g/mol. The van der Waals surface area contributed by atoms with Crippen molar-refractivity contribution in [3.05, 3.63) is 555 Å². The highest BCUT2D eigenvalue weighted by atomic mass is 16.6. The van der Waals surface area contributed by atoms with Crippen molar-refractivity contribution >= 4 is 91.0 Å². The molecular formula is C132H102N8O9. The van der Waals surface area contributed by atoms with Gasteiger partial charge in [-0.25, -0.2) is 19.2 Å². The highest BCUT2D eigenvalue weighted by Crippen LogP contribution is 2.57. The molecule has 2 aliphatic carbocycles. The Balaban J connectivity index is 0.000000119. The number of hydrogen-bond acceptors (Lipinski definition) is 17. The molecule has 0 atom stereocenters. The van der Waals surface area contributed by atoms with E-state index in [-0.39, 0.29) is 33.3 Å². The molecule has 17 heteroatoms. The third-order valence-corrected chi connectivity index (χ3v) is 26.5. The van der Waals surface area contributed by atoms with E-state index < -0.39 is 29.3 Å². The molecule has 0 aromatic heterocycles. The van der Waals surface area contributed by atoms with Gasteiger partial charge in [-0.1, -0.05) is 318 Å². The van der Waals surface area contributed by atoms with E-state index in [2.05, 4.69) is 248 Å². The lowest BCUT2D eigenvalue weighted by Crippen LogP contribution is -2.29. The summed E-state index contributed by atoms with van der Waals surface area (Å²) in [5.74, 6) is 11.2. The van der Waals surface area contributed by atoms with Crippen LogP contribution in [0.5, 0.6) is 23.0 Å². The Morgan fingerprint density at radius 2 is 0.624 bits per heavy atom. The Labute approximate surface area is 864 Å². The number of carbonyl (C=O) groups excluding carboxylic acids is 5. The van der Waals surface area contributed by atoms with Crippen molar-refractivity contribution in [3.8, 4) is 91.2 Å². The van der Waals surface area contributed by atoms with Crippen LogP contribution in [0.15, 0.2) is 472 Å². The largest absolute Gasteiger partial charge is 0.457 e. The average molecular weight is 1940 g/mol. The Morgan fingerprint density at radius 1 is 0.295 bits per heavy atom. The number of Topliss-reactive ketones (excluding diaryl/α,β-unsaturated/α-hetero) is 1. The third-order valence-electron chi connectivity index (χ3n) is 26.5. The van der Waals surface area contributed by atoms with E-state index >= 15 is 0 Å². The number of fused-ring (bicyclic) bond motifs is 7. The van der Waals surface area contributed by atoms with Crippen LogP contribution in [0, 0.1) is 23.7 Å². The number of nitrogen functional groups attached to an aromatic ring is 7. The summed E-state index contributed by atoms with van der Waals surface area (Å²) in [7, 11) is 0. The topological polar surface area (TPSA) is 330 Å². The molecule has 23 rings (SSSR count). The van der Waals surface area contributed by atoms with Gasteiger partial charge in [0.05, 0.1) is 33.4 Å². The first-order valence-corrected chi connectivity index (χ1v) is 48.2. The summed E-state index contributed by atoms with van der Waals surface area (Å²) in [6.45, 7) is 8.99. The van der Waals surface area contributed by atoms with Gasteiger partial charge in [0.2, 0.25) is 5.78 Å². The molecule has 4 aliphatic rings. The van der Waals surface area contributed by atoms with Crippen LogP contribution in [-0.2, 0) is 25.7 Å². The van der Waals surface area contributed by atoms with E-state index in [1.807, 2.05) is 212 Å². The summed E-state index contributed by atoms with van der Waals surface area (Å²) < 4.78 is 22.0. The fourth-order valence-corrected chi connectivity index (χ4v) is 18.3. The number of cyclic esters (lactones) is 4. The van der Waals surface area contributed by atoms with Crippen LogP contribution in [0.25, 0.3) is 66.1 Å². The van der Waals surface area contributed by atoms with E-state index in [4.69, 9.17) is 55.3 Å². The Hall–Kier alpha value is -20.2. The van der Waals surface area contributed by atoms with Gasteiger partial charge in [-0.3, -0.25) is 4.79 Å². The third kappa shape index (κ3) is 22.2. The van der Waals surface area contributed by atoms with Crippen LogP contribution in [-0.4, -0.2) is 29.7 Å². The molecule has 2 heterocycles. The van der Waals surface area contributed by atoms with Gasteiger partial charge in [-0.15, -0.1) is 0 Å². The van der Waals surface area contributed by atoms with Gasteiger partial charge in [-0.05, 0) is 288 Å². The second kappa shape index (κ2) is 43.7. The number of esters is 4. The number of carbonyl (C=O) groups is 5. The number of nitrogens with two attached hydrogens (primary N) is 8. The van der Waals surface area contributed by atoms with E-state index in [9.17, 15) is 24.0 Å². The summed E-state index contributed by atoms with van der Waals surface area (Å²) in [5, 5.41) is 4.37. The van der Waals surface area contributed by atoms with Crippen molar-refractivity contribution in [2.75, 3.05) is 40.1 Å². The zero-order chi connectivity index (χ0) is 104. The normalized spacial score (nSPS) is 12.3. The lowest BCUT2D eigenvalue weighted by atomic mass is 9.67. The minimum Gasteiger partial charge on any atom is -0.457 e. The average Bonchev–Trinajstić information content (AvgIpc) is 1.54. The number of ketones is 1. The van der Waals surface area contributed by atoms with Gasteiger partial charge in [-0.2, -0.15) is 0 Å². The van der Waals surface area contributed by atoms with Crippen molar-refractivity contribution in [1.29, 1.82) is 0 Å². The van der Waals surface area contributed by atoms with Crippen molar-refractivity contribution in [2.24, 2.45) is 5.73 Å². The molecule has 0 bridgehead atoms. The molecule has 0 radical (unpaired) electrons. The number of anilines is 7. The molecule has 0 saturated carbocycles. The zero-order valence-corrected chi connectivity index (χ0v) is 82.0. The fraction of sp³-hybridized carbons (Fsp3) is 0.0530. The molecule has 149 heavy (non-hydrogen) atoms. The van der Waals surface area contributed by atoms with E-state index in [0.29, 0.717) is 50.8 Å².